The van der Waals surface area contributed by atoms with Gasteiger partial charge in [-0.25, -0.2) is 4.79 Å². The van der Waals surface area contributed by atoms with Gasteiger partial charge in [-0.3, -0.25) is 9.69 Å². The summed E-state index contributed by atoms with van der Waals surface area (Å²) >= 11 is 1.77. The second-order valence-electron chi connectivity index (χ2n) is 7.99. The van der Waals surface area contributed by atoms with Crippen LogP contribution in [0.2, 0.25) is 0 Å². The molecular weight excluding hydrogens is 396 g/mol. The zero-order chi connectivity index (χ0) is 20.8. The van der Waals surface area contributed by atoms with E-state index in [2.05, 4.69) is 39.1 Å². The number of hydrogen-bond donors (Lipinski definition) is 2. The molecule has 30 heavy (non-hydrogen) atoms. The molecule has 160 valence electrons. The molecule has 1 saturated heterocycles. The predicted octanol–water partition coefficient (Wildman–Crippen LogP) is 3.16. The van der Waals surface area contributed by atoms with Gasteiger partial charge in [0.25, 0.3) is 0 Å². The highest BCUT2D eigenvalue weighted by molar-refractivity contribution is 7.10. The normalized spacial score (nSPS) is 17.4. The number of likely N-dealkylation sites (tertiary alicyclic amines) is 1. The molecule has 0 aliphatic carbocycles. The average Bonchev–Trinajstić information content (AvgIpc) is 3.46. The van der Waals surface area contributed by atoms with Crippen molar-refractivity contribution >= 4 is 23.3 Å². The van der Waals surface area contributed by atoms with E-state index in [-0.39, 0.29) is 18.0 Å². The number of amides is 3. The highest BCUT2D eigenvalue weighted by Gasteiger charge is 2.24. The van der Waals surface area contributed by atoms with Gasteiger partial charge < -0.3 is 15.5 Å². The quantitative estimate of drug-likeness (QED) is 0.715. The van der Waals surface area contributed by atoms with Crippen molar-refractivity contribution < 1.29 is 9.59 Å². The number of thiophene rings is 1. The molecule has 4 rings (SSSR count). The molecule has 6 nitrogen and oxygen atoms in total. The van der Waals surface area contributed by atoms with Crippen molar-refractivity contribution in [2.75, 3.05) is 32.7 Å². The summed E-state index contributed by atoms with van der Waals surface area (Å²) in [5.41, 5.74) is 2.49. The average molecular weight is 427 g/mol. The number of carbonyl (C=O) groups is 2. The van der Waals surface area contributed by atoms with E-state index in [1.54, 1.807) is 11.3 Å². The Labute approximate surface area is 182 Å². The Bertz CT molecular complexity index is 848. The van der Waals surface area contributed by atoms with Crippen molar-refractivity contribution in [3.63, 3.8) is 0 Å². The number of urea groups is 1. The van der Waals surface area contributed by atoms with Crippen LogP contribution in [-0.2, 0) is 17.8 Å². The molecule has 1 aromatic heterocycles. The van der Waals surface area contributed by atoms with Crippen LogP contribution in [0.1, 0.15) is 41.3 Å². The lowest BCUT2D eigenvalue weighted by molar-refractivity contribution is -0.131. The van der Waals surface area contributed by atoms with Crippen molar-refractivity contribution in [3.8, 4) is 0 Å². The summed E-state index contributed by atoms with van der Waals surface area (Å²) in [6.07, 6.45) is 3.69. The number of nitrogens with zero attached hydrogens (tertiary/aromatic N) is 2. The Morgan fingerprint density at radius 3 is 2.63 bits per heavy atom. The van der Waals surface area contributed by atoms with Gasteiger partial charge in [0.1, 0.15) is 0 Å². The van der Waals surface area contributed by atoms with Gasteiger partial charge in [-0.15, -0.1) is 11.3 Å². The maximum atomic E-state index is 12.5. The van der Waals surface area contributed by atoms with Crippen LogP contribution in [0.3, 0.4) is 0 Å². The molecule has 7 heteroatoms. The smallest absolute Gasteiger partial charge is 0.314 e. The summed E-state index contributed by atoms with van der Waals surface area (Å²) in [6.45, 7) is 4.53. The van der Waals surface area contributed by atoms with Crippen LogP contribution in [-0.4, -0.2) is 54.5 Å². The Balaban J connectivity index is 1.21. The minimum Gasteiger partial charge on any atom is -0.338 e. The number of hydrogen-bond acceptors (Lipinski definition) is 4. The van der Waals surface area contributed by atoms with Crippen LogP contribution in [0.5, 0.6) is 0 Å². The molecule has 2 aromatic rings. The van der Waals surface area contributed by atoms with Crippen LogP contribution in [0.15, 0.2) is 41.8 Å². The van der Waals surface area contributed by atoms with E-state index in [0.717, 1.165) is 26.1 Å². The zero-order valence-corrected chi connectivity index (χ0v) is 18.1. The number of benzene rings is 1. The van der Waals surface area contributed by atoms with Crippen molar-refractivity contribution in [2.45, 2.75) is 38.3 Å². The van der Waals surface area contributed by atoms with Crippen LogP contribution in [0, 0.1) is 0 Å². The van der Waals surface area contributed by atoms with Crippen LogP contribution in [0.25, 0.3) is 0 Å². The van der Waals surface area contributed by atoms with Gasteiger partial charge >= 0.3 is 6.03 Å². The van der Waals surface area contributed by atoms with E-state index in [9.17, 15) is 9.59 Å². The lowest BCUT2D eigenvalue weighted by atomic mass is 10.1. The molecule has 1 aromatic carbocycles. The van der Waals surface area contributed by atoms with Gasteiger partial charge in [0, 0.05) is 37.5 Å². The molecule has 3 amide bonds. The van der Waals surface area contributed by atoms with Crippen molar-refractivity contribution in [2.24, 2.45) is 0 Å². The van der Waals surface area contributed by atoms with E-state index >= 15 is 0 Å². The van der Waals surface area contributed by atoms with E-state index in [0.29, 0.717) is 26.1 Å². The van der Waals surface area contributed by atoms with E-state index < -0.39 is 0 Å². The molecule has 0 spiro atoms. The molecule has 1 fully saturated rings. The summed E-state index contributed by atoms with van der Waals surface area (Å²) < 4.78 is 0. The number of carbonyl (C=O) groups excluding carboxylic acids is 2. The van der Waals surface area contributed by atoms with Crippen LogP contribution >= 0.6 is 11.3 Å². The maximum Gasteiger partial charge on any atom is 0.314 e. The first-order valence-electron chi connectivity index (χ1n) is 10.8. The number of fused-ring (bicyclic) bond motifs is 1. The van der Waals surface area contributed by atoms with E-state index in [1.165, 1.54) is 28.8 Å². The Morgan fingerprint density at radius 1 is 1.03 bits per heavy atom. The third-order valence-corrected chi connectivity index (χ3v) is 7.03. The van der Waals surface area contributed by atoms with Gasteiger partial charge in [0.05, 0.1) is 6.04 Å². The second-order valence-corrected chi connectivity index (χ2v) is 8.99. The van der Waals surface area contributed by atoms with Crippen molar-refractivity contribution in [1.29, 1.82) is 0 Å². The minimum absolute atomic E-state index is 0.103. The zero-order valence-electron chi connectivity index (χ0n) is 17.3. The van der Waals surface area contributed by atoms with E-state index in [4.69, 9.17) is 0 Å². The lowest BCUT2D eigenvalue weighted by Crippen LogP contribution is -2.43. The summed E-state index contributed by atoms with van der Waals surface area (Å²) in [7, 11) is 0. The molecule has 1 unspecified atom stereocenters. The summed E-state index contributed by atoms with van der Waals surface area (Å²) in [5.74, 6) is 0.103. The predicted molar refractivity (Wildman–Crippen MR) is 119 cm³/mol. The fourth-order valence-corrected chi connectivity index (χ4v) is 5.23. The van der Waals surface area contributed by atoms with Gasteiger partial charge in [-0.1, -0.05) is 30.3 Å². The molecule has 2 aliphatic heterocycles. The molecule has 3 heterocycles. The van der Waals surface area contributed by atoms with Gasteiger partial charge in [0.2, 0.25) is 5.91 Å². The monoisotopic (exact) mass is 426 g/mol. The molecule has 0 bridgehead atoms. The van der Waals surface area contributed by atoms with E-state index in [1.807, 2.05) is 23.1 Å². The highest BCUT2D eigenvalue weighted by Crippen LogP contribution is 2.25. The molecule has 2 aliphatic rings. The molecule has 0 radical (unpaired) electrons. The summed E-state index contributed by atoms with van der Waals surface area (Å²) in [4.78, 5) is 30.5. The first kappa shape index (κ1) is 20.9. The van der Waals surface area contributed by atoms with Crippen molar-refractivity contribution in [3.05, 3.63) is 57.8 Å². The lowest BCUT2D eigenvalue weighted by Gasteiger charge is -2.28. The standard InChI is InChI=1S/C23H30N4O2S/c28-22(27-14-9-21-19(17-27)10-15-30-21)8-11-24-23(29)25-16-20(26-12-4-5-13-26)18-6-2-1-3-7-18/h1-3,6-7,10,15,20H,4-5,8-9,11-14,16-17H2,(H2,24,25,29). The first-order valence-corrected chi connectivity index (χ1v) is 11.7. The Hall–Kier alpha value is -2.38. The third kappa shape index (κ3) is 5.21. The summed E-state index contributed by atoms with van der Waals surface area (Å²) in [6, 6.07) is 12.4. The largest absolute Gasteiger partial charge is 0.338 e. The fraction of sp³-hybridized carbons (Fsp3) is 0.478. The summed E-state index contributed by atoms with van der Waals surface area (Å²) in [5, 5.41) is 7.95. The molecular formula is C23H30N4O2S. The van der Waals surface area contributed by atoms with Crippen LogP contribution in [0.4, 0.5) is 4.79 Å². The molecule has 2 N–H and O–H groups in total. The topological polar surface area (TPSA) is 64.7 Å². The number of nitrogens with one attached hydrogen (secondary N) is 2. The van der Waals surface area contributed by atoms with Gasteiger partial charge in [-0.2, -0.15) is 0 Å². The Kier molecular flexibility index (Phi) is 7.02. The van der Waals surface area contributed by atoms with Crippen LogP contribution < -0.4 is 10.6 Å². The maximum absolute atomic E-state index is 12.5. The highest BCUT2D eigenvalue weighted by atomic mass is 32.1. The van der Waals surface area contributed by atoms with Gasteiger partial charge in [-0.05, 0) is 54.9 Å². The third-order valence-electron chi connectivity index (χ3n) is 6.01. The number of rotatable bonds is 7. The molecule has 1 atom stereocenters. The van der Waals surface area contributed by atoms with Crippen molar-refractivity contribution in [1.82, 2.24) is 20.4 Å². The Morgan fingerprint density at radius 2 is 1.83 bits per heavy atom. The fourth-order valence-electron chi connectivity index (χ4n) is 4.34. The SMILES string of the molecule is O=C(NCCC(=O)N1CCc2sccc2C1)NCC(c1ccccc1)N1CCCC1. The minimum atomic E-state index is -0.207. The second kappa shape index (κ2) is 10.1. The van der Waals surface area contributed by atoms with Gasteiger partial charge in [0.15, 0.2) is 0 Å². The first-order chi connectivity index (χ1) is 14.7. The molecule has 0 saturated carbocycles.